The first-order valence-corrected chi connectivity index (χ1v) is 11.4. The van der Waals surface area contributed by atoms with Gasteiger partial charge in [-0.25, -0.2) is 13.1 Å². The Kier molecular flexibility index (Phi) is 8.51. The van der Waals surface area contributed by atoms with Crippen LogP contribution in [0.4, 0.5) is 13.2 Å². The van der Waals surface area contributed by atoms with Crippen molar-refractivity contribution in [3.63, 3.8) is 0 Å². The Labute approximate surface area is 175 Å². The van der Waals surface area contributed by atoms with Crippen LogP contribution in [0.1, 0.15) is 37.0 Å². The maximum atomic E-state index is 12.2. The van der Waals surface area contributed by atoms with E-state index in [-0.39, 0.29) is 17.2 Å². The molecular formula is C19H28F3N3O4S. The molecule has 0 radical (unpaired) electrons. The number of benzene rings is 1. The maximum absolute atomic E-state index is 12.2. The molecule has 1 amide bonds. The summed E-state index contributed by atoms with van der Waals surface area (Å²) >= 11 is 0. The second-order valence-corrected chi connectivity index (χ2v) is 9.88. The third-order valence-electron chi connectivity index (χ3n) is 4.96. The number of likely N-dealkylation sites (tertiary alicyclic amines) is 1. The molecule has 0 aromatic heterocycles. The molecule has 0 saturated carbocycles. The van der Waals surface area contributed by atoms with Crippen LogP contribution in [0.3, 0.4) is 0 Å². The lowest BCUT2D eigenvalue weighted by Gasteiger charge is -2.32. The zero-order chi connectivity index (χ0) is 22.4. The maximum Gasteiger partial charge on any atom is 0.573 e. The number of nitrogens with zero attached hydrogens (tertiary/aromatic N) is 1. The standard InChI is InChI=1S/C19H28F3N3O4S/c1-14(2)30(27,28)24-9-12-25-10-7-15(8-11-25)13-23-18(26)16-3-5-17(6-4-16)29-19(20,21)22/h3-6,14-15,24H,7-13H2,1-2H3,(H,23,26). The number of nitrogens with one attached hydrogen (secondary N) is 2. The van der Waals surface area contributed by atoms with Gasteiger partial charge in [0.25, 0.3) is 5.91 Å². The quantitative estimate of drug-likeness (QED) is 0.602. The largest absolute Gasteiger partial charge is 0.573 e. The van der Waals surface area contributed by atoms with Crippen molar-refractivity contribution in [3.8, 4) is 5.75 Å². The molecular weight excluding hydrogens is 423 g/mol. The number of hydrogen-bond donors (Lipinski definition) is 2. The van der Waals surface area contributed by atoms with Crippen molar-refractivity contribution in [2.24, 2.45) is 5.92 Å². The third kappa shape index (κ3) is 8.11. The number of hydrogen-bond acceptors (Lipinski definition) is 5. The highest BCUT2D eigenvalue weighted by Gasteiger charge is 2.31. The zero-order valence-corrected chi connectivity index (χ0v) is 17.9. The fourth-order valence-corrected chi connectivity index (χ4v) is 3.78. The van der Waals surface area contributed by atoms with Gasteiger partial charge < -0.3 is 15.0 Å². The average molecular weight is 452 g/mol. The number of ether oxygens (including phenoxy) is 1. The Morgan fingerprint density at radius 2 is 1.80 bits per heavy atom. The lowest BCUT2D eigenvalue weighted by Crippen LogP contribution is -2.42. The first kappa shape index (κ1) is 24.4. The first-order valence-electron chi connectivity index (χ1n) is 9.81. The molecule has 1 aromatic rings. The van der Waals surface area contributed by atoms with Gasteiger partial charge in [-0.1, -0.05) is 0 Å². The molecule has 0 spiro atoms. The Morgan fingerprint density at radius 3 is 2.33 bits per heavy atom. The predicted molar refractivity (Wildman–Crippen MR) is 107 cm³/mol. The van der Waals surface area contributed by atoms with Crippen LogP contribution in [0.2, 0.25) is 0 Å². The molecule has 30 heavy (non-hydrogen) atoms. The lowest BCUT2D eigenvalue weighted by molar-refractivity contribution is -0.274. The fraction of sp³-hybridized carbons (Fsp3) is 0.632. The van der Waals surface area contributed by atoms with Gasteiger partial charge in [-0.05, 0) is 70.0 Å². The van der Waals surface area contributed by atoms with Gasteiger partial charge in [-0.15, -0.1) is 13.2 Å². The van der Waals surface area contributed by atoms with Crippen LogP contribution in [0, 0.1) is 5.92 Å². The van der Waals surface area contributed by atoms with Crippen molar-refractivity contribution in [1.82, 2.24) is 14.9 Å². The molecule has 1 saturated heterocycles. The minimum Gasteiger partial charge on any atom is -0.406 e. The molecule has 2 rings (SSSR count). The molecule has 170 valence electrons. The van der Waals surface area contributed by atoms with Gasteiger partial charge in [-0.2, -0.15) is 0 Å². The summed E-state index contributed by atoms with van der Waals surface area (Å²) in [7, 11) is -3.25. The van der Waals surface area contributed by atoms with Crippen molar-refractivity contribution >= 4 is 15.9 Å². The minimum absolute atomic E-state index is 0.263. The third-order valence-corrected chi connectivity index (χ3v) is 6.81. The van der Waals surface area contributed by atoms with Gasteiger partial charge in [0.1, 0.15) is 5.75 Å². The Bertz CT molecular complexity index is 790. The summed E-state index contributed by atoms with van der Waals surface area (Å²) in [4.78, 5) is 14.4. The molecule has 0 aliphatic carbocycles. The number of piperidine rings is 1. The van der Waals surface area contributed by atoms with E-state index in [2.05, 4.69) is 19.7 Å². The van der Waals surface area contributed by atoms with Crippen molar-refractivity contribution in [1.29, 1.82) is 0 Å². The van der Waals surface area contributed by atoms with Crippen molar-refractivity contribution in [2.75, 3.05) is 32.7 Å². The highest BCUT2D eigenvalue weighted by molar-refractivity contribution is 7.90. The Balaban J connectivity index is 1.68. The number of halogens is 3. The molecule has 2 N–H and O–H groups in total. The van der Waals surface area contributed by atoms with Crippen LogP contribution in [0.25, 0.3) is 0 Å². The van der Waals surface area contributed by atoms with Crippen molar-refractivity contribution < 1.29 is 31.1 Å². The normalized spacial score (nSPS) is 16.6. The van der Waals surface area contributed by atoms with Gasteiger partial charge in [0.2, 0.25) is 10.0 Å². The number of amides is 1. The van der Waals surface area contributed by atoms with E-state index >= 15 is 0 Å². The second kappa shape index (κ2) is 10.5. The lowest BCUT2D eigenvalue weighted by atomic mass is 9.96. The predicted octanol–water partition coefficient (Wildman–Crippen LogP) is 2.35. The molecule has 0 atom stereocenters. The van der Waals surface area contributed by atoms with Gasteiger partial charge >= 0.3 is 6.36 Å². The van der Waals surface area contributed by atoms with Gasteiger partial charge in [-0.3, -0.25) is 4.79 Å². The van der Waals surface area contributed by atoms with Crippen molar-refractivity contribution in [3.05, 3.63) is 29.8 Å². The number of sulfonamides is 1. The monoisotopic (exact) mass is 451 g/mol. The van der Waals surface area contributed by atoms with E-state index in [4.69, 9.17) is 0 Å². The number of carbonyl (C=O) groups is 1. The van der Waals surface area contributed by atoms with E-state index < -0.39 is 21.6 Å². The first-order chi connectivity index (χ1) is 14.0. The van der Waals surface area contributed by atoms with E-state index in [1.807, 2.05) is 0 Å². The summed E-state index contributed by atoms with van der Waals surface area (Å²) in [5, 5.41) is 2.36. The second-order valence-electron chi connectivity index (χ2n) is 7.56. The molecule has 7 nitrogen and oxygen atoms in total. The summed E-state index contributed by atoms with van der Waals surface area (Å²) < 4.78 is 66.4. The Hall–Kier alpha value is -1.85. The fourth-order valence-electron chi connectivity index (χ4n) is 3.07. The van der Waals surface area contributed by atoms with E-state index in [9.17, 15) is 26.4 Å². The number of alkyl halides is 3. The van der Waals surface area contributed by atoms with Crippen LogP contribution in [-0.2, 0) is 10.0 Å². The molecule has 1 fully saturated rings. The summed E-state index contributed by atoms with van der Waals surface area (Å²) in [5.41, 5.74) is 0.263. The Morgan fingerprint density at radius 1 is 1.20 bits per heavy atom. The smallest absolute Gasteiger partial charge is 0.406 e. The van der Waals surface area contributed by atoms with Gasteiger partial charge in [0.15, 0.2) is 0 Å². The minimum atomic E-state index is -4.77. The van der Waals surface area contributed by atoms with E-state index in [0.717, 1.165) is 38.1 Å². The van der Waals surface area contributed by atoms with Crippen LogP contribution < -0.4 is 14.8 Å². The highest BCUT2D eigenvalue weighted by Crippen LogP contribution is 2.23. The van der Waals surface area contributed by atoms with Crippen molar-refractivity contribution in [2.45, 2.75) is 38.3 Å². The molecule has 11 heteroatoms. The summed E-state index contributed by atoms with van der Waals surface area (Å²) in [6.45, 7) is 6.38. The van der Waals surface area contributed by atoms with E-state index in [1.54, 1.807) is 13.8 Å². The van der Waals surface area contributed by atoms with Gasteiger partial charge in [0, 0.05) is 25.2 Å². The molecule has 1 aliphatic heterocycles. The average Bonchev–Trinajstić information content (AvgIpc) is 2.66. The topological polar surface area (TPSA) is 87.7 Å². The summed E-state index contributed by atoms with van der Waals surface area (Å²) in [6.07, 6.45) is -3.03. The molecule has 0 bridgehead atoms. The van der Waals surface area contributed by atoms with Crippen LogP contribution in [-0.4, -0.2) is 63.6 Å². The molecule has 0 unspecified atom stereocenters. The zero-order valence-electron chi connectivity index (χ0n) is 17.0. The van der Waals surface area contributed by atoms with Gasteiger partial charge in [0.05, 0.1) is 5.25 Å². The number of rotatable bonds is 9. The van der Waals surface area contributed by atoms with Crippen LogP contribution in [0.15, 0.2) is 24.3 Å². The summed E-state index contributed by atoms with van der Waals surface area (Å²) in [6, 6.07) is 4.79. The molecule has 1 aliphatic rings. The number of carbonyl (C=O) groups excluding carboxylic acids is 1. The highest BCUT2D eigenvalue weighted by atomic mass is 32.2. The molecule has 1 aromatic carbocycles. The van der Waals surface area contributed by atoms with Crippen LogP contribution >= 0.6 is 0 Å². The van der Waals surface area contributed by atoms with E-state index in [0.29, 0.717) is 25.6 Å². The SMILES string of the molecule is CC(C)S(=O)(=O)NCCN1CCC(CNC(=O)c2ccc(OC(F)(F)F)cc2)CC1. The van der Waals surface area contributed by atoms with Crippen LogP contribution in [0.5, 0.6) is 5.75 Å². The molecule has 1 heterocycles. The van der Waals surface area contributed by atoms with E-state index in [1.165, 1.54) is 12.1 Å². The summed E-state index contributed by atoms with van der Waals surface area (Å²) in [5.74, 6) is -0.424.